The van der Waals surface area contributed by atoms with Crippen LogP contribution in [0.1, 0.15) is 60.9 Å². The molecular formula is C19H26N2O. The Bertz CT molecular complexity index is 650. The number of benzene rings is 1. The van der Waals surface area contributed by atoms with Crippen molar-refractivity contribution in [3.63, 3.8) is 0 Å². The number of unbranched alkanes of at least 4 members (excludes halogenated alkanes) is 1. The third kappa shape index (κ3) is 3.09. The van der Waals surface area contributed by atoms with E-state index in [0.717, 1.165) is 37.0 Å². The van der Waals surface area contributed by atoms with Gasteiger partial charge in [0.15, 0.2) is 5.78 Å². The molecule has 0 unspecified atom stereocenters. The van der Waals surface area contributed by atoms with Crippen LogP contribution in [-0.2, 0) is 0 Å². The number of piperidine rings is 1. The summed E-state index contributed by atoms with van der Waals surface area (Å²) in [7, 11) is 2.19. The second-order valence-electron chi connectivity index (χ2n) is 6.61. The Labute approximate surface area is 132 Å². The number of nitrogens with one attached hydrogen (secondary N) is 1. The minimum absolute atomic E-state index is 0.277. The van der Waals surface area contributed by atoms with E-state index < -0.39 is 0 Å². The Balaban J connectivity index is 1.87. The number of carbonyl (C=O) groups is 1. The van der Waals surface area contributed by atoms with E-state index in [1.165, 1.54) is 23.8 Å². The van der Waals surface area contributed by atoms with Gasteiger partial charge in [0, 0.05) is 29.1 Å². The maximum absolute atomic E-state index is 12.3. The number of H-pyrrole nitrogens is 1. The molecule has 0 spiro atoms. The lowest BCUT2D eigenvalue weighted by atomic mass is 9.89. The molecule has 0 bridgehead atoms. The minimum atomic E-state index is 0.277. The number of nitrogens with zero attached hydrogens (tertiary/aromatic N) is 1. The third-order valence-corrected chi connectivity index (χ3v) is 4.95. The van der Waals surface area contributed by atoms with Gasteiger partial charge in [-0.05, 0) is 69.1 Å². The number of likely N-dealkylation sites (tertiary alicyclic amines) is 1. The normalized spacial score (nSPS) is 17.2. The van der Waals surface area contributed by atoms with Gasteiger partial charge in [-0.2, -0.15) is 0 Å². The average Bonchev–Trinajstić information content (AvgIpc) is 2.96. The van der Waals surface area contributed by atoms with E-state index in [1.807, 2.05) is 6.07 Å². The van der Waals surface area contributed by atoms with Gasteiger partial charge in [-0.1, -0.05) is 13.3 Å². The van der Waals surface area contributed by atoms with Gasteiger partial charge < -0.3 is 9.88 Å². The summed E-state index contributed by atoms with van der Waals surface area (Å²) in [5.41, 5.74) is 3.42. The molecule has 118 valence electrons. The lowest BCUT2D eigenvalue weighted by molar-refractivity contribution is 0.0980. The predicted molar refractivity (Wildman–Crippen MR) is 91.6 cm³/mol. The zero-order valence-corrected chi connectivity index (χ0v) is 13.7. The highest BCUT2D eigenvalue weighted by molar-refractivity contribution is 6.00. The van der Waals surface area contributed by atoms with Gasteiger partial charge in [-0.15, -0.1) is 0 Å². The van der Waals surface area contributed by atoms with Gasteiger partial charge >= 0.3 is 0 Å². The van der Waals surface area contributed by atoms with Crippen molar-refractivity contribution in [1.82, 2.24) is 9.88 Å². The van der Waals surface area contributed by atoms with Gasteiger partial charge in [0.2, 0.25) is 0 Å². The summed E-state index contributed by atoms with van der Waals surface area (Å²) in [5, 5.41) is 1.25. The minimum Gasteiger partial charge on any atom is -0.361 e. The summed E-state index contributed by atoms with van der Waals surface area (Å²) >= 11 is 0. The number of aromatic nitrogens is 1. The largest absolute Gasteiger partial charge is 0.361 e. The Morgan fingerprint density at radius 1 is 1.32 bits per heavy atom. The van der Waals surface area contributed by atoms with Crippen LogP contribution in [0.15, 0.2) is 24.4 Å². The summed E-state index contributed by atoms with van der Waals surface area (Å²) < 4.78 is 0. The van der Waals surface area contributed by atoms with E-state index in [0.29, 0.717) is 12.3 Å². The Kier molecular flexibility index (Phi) is 4.63. The van der Waals surface area contributed by atoms with Gasteiger partial charge in [0.25, 0.3) is 0 Å². The van der Waals surface area contributed by atoms with E-state index in [2.05, 4.69) is 42.2 Å². The molecule has 1 aliphatic rings. The number of hydrogen-bond acceptors (Lipinski definition) is 2. The van der Waals surface area contributed by atoms with Crippen LogP contribution in [0.4, 0.5) is 0 Å². The second-order valence-corrected chi connectivity index (χ2v) is 6.61. The molecule has 3 rings (SSSR count). The first-order valence-electron chi connectivity index (χ1n) is 8.52. The average molecular weight is 298 g/mol. The van der Waals surface area contributed by atoms with Crippen LogP contribution in [0.2, 0.25) is 0 Å². The molecule has 1 aliphatic heterocycles. The Hall–Kier alpha value is -1.61. The van der Waals surface area contributed by atoms with E-state index >= 15 is 0 Å². The highest BCUT2D eigenvalue weighted by Gasteiger charge is 2.21. The van der Waals surface area contributed by atoms with E-state index in [4.69, 9.17) is 0 Å². The summed E-state index contributed by atoms with van der Waals surface area (Å²) in [6, 6.07) is 6.14. The molecule has 22 heavy (non-hydrogen) atoms. The molecule has 1 N–H and O–H groups in total. The molecule has 0 amide bonds. The van der Waals surface area contributed by atoms with E-state index in [9.17, 15) is 4.79 Å². The van der Waals surface area contributed by atoms with Gasteiger partial charge in [-0.3, -0.25) is 4.79 Å². The van der Waals surface area contributed by atoms with E-state index in [-0.39, 0.29) is 5.78 Å². The lowest BCUT2D eigenvalue weighted by Gasteiger charge is -2.28. The number of hydrogen-bond donors (Lipinski definition) is 1. The first-order valence-corrected chi connectivity index (χ1v) is 8.52. The predicted octanol–water partition coefficient (Wildman–Crippen LogP) is 4.35. The van der Waals surface area contributed by atoms with Crippen LogP contribution in [0, 0.1) is 0 Å². The number of Topliss-reactive ketones (excluding diaryl/α,β-unsaturated/α-hetero) is 1. The fraction of sp³-hybridized carbons (Fsp3) is 0.526. The van der Waals surface area contributed by atoms with Crippen LogP contribution < -0.4 is 0 Å². The van der Waals surface area contributed by atoms with Crippen molar-refractivity contribution < 1.29 is 4.79 Å². The van der Waals surface area contributed by atoms with Crippen LogP contribution in [0.5, 0.6) is 0 Å². The maximum Gasteiger partial charge on any atom is 0.162 e. The van der Waals surface area contributed by atoms with Crippen molar-refractivity contribution in [2.75, 3.05) is 20.1 Å². The molecule has 2 heterocycles. The first kappa shape index (κ1) is 15.3. The SMILES string of the molecule is CCCCC(=O)c1ccc2[nH]cc(C3CCN(C)CC3)c2c1. The summed E-state index contributed by atoms with van der Waals surface area (Å²) in [5.74, 6) is 0.894. The van der Waals surface area contributed by atoms with Crippen LogP contribution in [0.25, 0.3) is 10.9 Å². The zero-order valence-electron chi connectivity index (χ0n) is 13.7. The molecule has 1 saturated heterocycles. The van der Waals surface area contributed by atoms with Crippen molar-refractivity contribution in [2.45, 2.75) is 44.9 Å². The van der Waals surface area contributed by atoms with Crippen LogP contribution in [0.3, 0.4) is 0 Å². The van der Waals surface area contributed by atoms with Gasteiger partial charge in [0.1, 0.15) is 0 Å². The number of carbonyl (C=O) groups excluding carboxylic acids is 1. The summed E-state index contributed by atoms with van der Waals surface area (Å²) in [6.45, 7) is 4.44. The highest BCUT2D eigenvalue weighted by Crippen LogP contribution is 2.33. The first-order chi connectivity index (χ1) is 10.7. The maximum atomic E-state index is 12.3. The molecule has 0 aliphatic carbocycles. The molecule has 1 aromatic heterocycles. The summed E-state index contributed by atoms with van der Waals surface area (Å²) in [4.78, 5) is 18.1. The fourth-order valence-electron chi connectivity index (χ4n) is 3.45. The Morgan fingerprint density at radius 3 is 2.82 bits per heavy atom. The van der Waals surface area contributed by atoms with Crippen molar-refractivity contribution in [3.8, 4) is 0 Å². The molecule has 0 atom stereocenters. The smallest absolute Gasteiger partial charge is 0.162 e. The fourth-order valence-corrected chi connectivity index (χ4v) is 3.45. The highest BCUT2D eigenvalue weighted by atomic mass is 16.1. The third-order valence-electron chi connectivity index (χ3n) is 4.95. The number of rotatable bonds is 5. The molecule has 0 radical (unpaired) electrons. The molecular weight excluding hydrogens is 272 g/mol. The number of ketones is 1. The van der Waals surface area contributed by atoms with Crippen molar-refractivity contribution >= 4 is 16.7 Å². The quantitative estimate of drug-likeness (QED) is 0.833. The molecule has 1 fully saturated rings. The van der Waals surface area contributed by atoms with Crippen LogP contribution in [-0.4, -0.2) is 35.8 Å². The summed E-state index contributed by atoms with van der Waals surface area (Å²) in [6.07, 6.45) is 7.27. The zero-order chi connectivity index (χ0) is 15.5. The molecule has 2 aromatic rings. The van der Waals surface area contributed by atoms with Crippen LogP contribution >= 0.6 is 0 Å². The standard InChI is InChI=1S/C19H26N2O/c1-3-4-5-19(22)15-6-7-18-16(12-15)17(13-20-18)14-8-10-21(2)11-9-14/h6-7,12-14,20H,3-5,8-11H2,1-2H3. The molecule has 3 heteroatoms. The topological polar surface area (TPSA) is 36.1 Å². The van der Waals surface area contributed by atoms with Crippen molar-refractivity contribution in [2.24, 2.45) is 0 Å². The Morgan fingerprint density at radius 2 is 2.09 bits per heavy atom. The van der Waals surface area contributed by atoms with Crippen molar-refractivity contribution in [1.29, 1.82) is 0 Å². The number of fused-ring (bicyclic) bond motifs is 1. The molecule has 3 nitrogen and oxygen atoms in total. The molecule has 1 aromatic carbocycles. The van der Waals surface area contributed by atoms with Gasteiger partial charge in [-0.25, -0.2) is 0 Å². The lowest BCUT2D eigenvalue weighted by Crippen LogP contribution is -2.29. The number of aromatic amines is 1. The van der Waals surface area contributed by atoms with Gasteiger partial charge in [0.05, 0.1) is 0 Å². The second kappa shape index (κ2) is 6.66. The van der Waals surface area contributed by atoms with E-state index in [1.54, 1.807) is 0 Å². The molecule has 0 saturated carbocycles. The monoisotopic (exact) mass is 298 g/mol. The van der Waals surface area contributed by atoms with Crippen molar-refractivity contribution in [3.05, 3.63) is 35.5 Å².